The van der Waals surface area contributed by atoms with Crippen LogP contribution >= 0.6 is 0 Å². The Morgan fingerprint density at radius 1 is 1.05 bits per heavy atom. The highest BCUT2D eigenvalue weighted by Gasteiger charge is 2.10. The number of hydrogen-bond acceptors (Lipinski definition) is 2. The summed E-state index contributed by atoms with van der Waals surface area (Å²) in [6.07, 6.45) is 7.38. The highest BCUT2D eigenvalue weighted by Crippen LogP contribution is 2.17. The SMILES string of the molecule is CCCCCCCCNC(=O)c1ccccc1OCC. The molecule has 3 nitrogen and oxygen atoms in total. The third-order valence-corrected chi connectivity index (χ3v) is 3.25. The standard InChI is InChI=1S/C17H27NO2/c1-3-5-6-7-8-11-14-18-17(19)15-12-9-10-13-16(15)20-4-2/h9-10,12-13H,3-8,11,14H2,1-2H3,(H,18,19). The summed E-state index contributed by atoms with van der Waals surface area (Å²) < 4.78 is 5.47. The first-order valence-corrected chi connectivity index (χ1v) is 7.79. The van der Waals surface area contributed by atoms with Gasteiger partial charge in [-0.1, -0.05) is 51.2 Å². The van der Waals surface area contributed by atoms with Crippen molar-refractivity contribution in [2.75, 3.05) is 13.2 Å². The zero-order chi connectivity index (χ0) is 14.6. The summed E-state index contributed by atoms with van der Waals surface area (Å²) >= 11 is 0. The van der Waals surface area contributed by atoms with E-state index in [1.54, 1.807) is 0 Å². The van der Waals surface area contributed by atoms with Crippen LogP contribution in [0.1, 0.15) is 62.7 Å². The maximum Gasteiger partial charge on any atom is 0.255 e. The Bertz CT molecular complexity index is 390. The molecule has 3 heteroatoms. The molecule has 0 radical (unpaired) electrons. The summed E-state index contributed by atoms with van der Waals surface area (Å²) in [5.41, 5.74) is 0.625. The van der Waals surface area contributed by atoms with Crippen LogP contribution in [0.25, 0.3) is 0 Å². The van der Waals surface area contributed by atoms with Gasteiger partial charge in [-0.15, -0.1) is 0 Å². The van der Waals surface area contributed by atoms with Crippen molar-refractivity contribution in [3.8, 4) is 5.75 Å². The molecular weight excluding hydrogens is 250 g/mol. The molecule has 0 unspecified atom stereocenters. The lowest BCUT2D eigenvalue weighted by atomic mass is 10.1. The quantitative estimate of drug-likeness (QED) is 0.652. The number of carbonyl (C=O) groups excluding carboxylic acids is 1. The van der Waals surface area contributed by atoms with Gasteiger partial charge in [0.15, 0.2) is 0 Å². The Kier molecular flexibility index (Phi) is 8.52. The minimum atomic E-state index is -0.0393. The van der Waals surface area contributed by atoms with E-state index in [1.165, 1.54) is 32.1 Å². The van der Waals surface area contributed by atoms with E-state index in [2.05, 4.69) is 12.2 Å². The molecule has 0 saturated heterocycles. The van der Waals surface area contributed by atoms with Gasteiger partial charge >= 0.3 is 0 Å². The maximum absolute atomic E-state index is 12.1. The van der Waals surface area contributed by atoms with Crippen LogP contribution in [0.15, 0.2) is 24.3 Å². The lowest BCUT2D eigenvalue weighted by molar-refractivity contribution is 0.0949. The predicted octanol–water partition coefficient (Wildman–Crippen LogP) is 4.18. The monoisotopic (exact) mass is 277 g/mol. The van der Waals surface area contributed by atoms with Crippen molar-refractivity contribution in [3.05, 3.63) is 29.8 Å². The Balaban J connectivity index is 2.29. The molecule has 20 heavy (non-hydrogen) atoms. The van der Waals surface area contributed by atoms with E-state index in [-0.39, 0.29) is 5.91 Å². The topological polar surface area (TPSA) is 38.3 Å². The summed E-state index contributed by atoms with van der Waals surface area (Å²) in [5.74, 6) is 0.623. The van der Waals surface area contributed by atoms with E-state index in [1.807, 2.05) is 31.2 Å². The van der Waals surface area contributed by atoms with E-state index >= 15 is 0 Å². The second kappa shape index (κ2) is 10.3. The molecule has 112 valence electrons. The van der Waals surface area contributed by atoms with Crippen LogP contribution in [-0.2, 0) is 0 Å². The second-order valence-corrected chi connectivity index (χ2v) is 4.95. The van der Waals surface area contributed by atoms with Crippen LogP contribution in [-0.4, -0.2) is 19.1 Å². The van der Waals surface area contributed by atoms with E-state index in [0.29, 0.717) is 17.9 Å². The van der Waals surface area contributed by atoms with Gasteiger partial charge in [0.25, 0.3) is 5.91 Å². The number of nitrogens with one attached hydrogen (secondary N) is 1. The van der Waals surface area contributed by atoms with Crippen LogP contribution in [0.5, 0.6) is 5.75 Å². The van der Waals surface area contributed by atoms with Crippen molar-refractivity contribution in [1.29, 1.82) is 0 Å². The molecule has 0 aliphatic rings. The van der Waals surface area contributed by atoms with Gasteiger partial charge in [0.05, 0.1) is 12.2 Å². The van der Waals surface area contributed by atoms with Crippen LogP contribution in [0.3, 0.4) is 0 Å². The number of carbonyl (C=O) groups is 1. The Morgan fingerprint density at radius 3 is 2.50 bits per heavy atom. The van der Waals surface area contributed by atoms with E-state index < -0.39 is 0 Å². The molecule has 1 N–H and O–H groups in total. The fourth-order valence-electron chi connectivity index (χ4n) is 2.14. The van der Waals surface area contributed by atoms with Gasteiger partial charge in [0, 0.05) is 6.54 Å². The van der Waals surface area contributed by atoms with Crippen LogP contribution in [0.4, 0.5) is 0 Å². The van der Waals surface area contributed by atoms with Crippen molar-refractivity contribution in [2.45, 2.75) is 52.4 Å². The van der Waals surface area contributed by atoms with E-state index in [9.17, 15) is 4.79 Å². The number of ether oxygens (including phenoxy) is 1. The van der Waals surface area contributed by atoms with Gasteiger partial charge in [-0.2, -0.15) is 0 Å². The molecule has 0 saturated carbocycles. The lowest BCUT2D eigenvalue weighted by Crippen LogP contribution is -2.25. The first-order valence-electron chi connectivity index (χ1n) is 7.79. The summed E-state index contributed by atoms with van der Waals surface area (Å²) in [7, 11) is 0. The average molecular weight is 277 g/mol. The molecule has 0 bridgehead atoms. The van der Waals surface area contributed by atoms with Crippen LogP contribution in [0.2, 0.25) is 0 Å². The molecule has 0 aliphatic carbocycles. The van der Waals surface area contributed by atoms with Crippen molar-refractivity contribution in [1.82, 2.24) is 5.32 Å². The Morgan fingerprint density at radius 2 is 1.75 bits per heavy atom. The van der Waals surface area contributed by atoms with Crippen molar-refractivity contribution in [2.24, 2.45) is 0 Å². The van der Waals surface area contributed by atoms with Crippen molar-refractivity contribution >= 4 is 5.91 Å². The molecule has 0 atom stereocenters. The summed E-state index contributed by atoms with van der Waals surface area (Å²) in [6, 6.07) is 7.39. The third kappa shape index (κ3) is 6.09. The van der Waals surface area contributed by atoms with Gasteiger partial charge in [0.2, 0.25) is 0 Å². The number of rotatable bonds is 10. The van der Waals surface area contributed by atoms with Crippen molar-refractivity contribution < 1.29 is 9.53 Å². The average Bonchev–Trinajstić information content (AvgIpc) is 2.47. The number of unbranched alkanes of at least 4 members (excludes halogenated alkanes) is 5. The van der Waals surface area contributed by atoms with Crippen molar-refractivity contribution in [3.63, 3.8) is 0 Å². The molecule has 1 aromatic rings. The maximum atomic E-state index is 12.1. The minimum absolute atomic E-state index is 0.0393. The molecule has 0 spiro atoms. The van der Waals surface area contributed by atoms with Gasteiger partial charge in [0.1, 0.15) is 5.75 Å². The Hall–Kier alpha value is -1.51. The smallest absolute Gasteiger partial charge is 0.255 e. The Labute approximate surface area is 122 Å². The molecule has 0 aliphatic heterocycles. The van der Waals surface area contributed by atoms with E-state index in [0.717, 1.165) is 13.0 Å². The number of hydrogen-bond donors (Lipinski definition) is 1. The van der Waals surface area contributed by atoms with Crippen LogP contribution in [0, 0.1) is 0 Å². The van der Waals surface area contributed by atoms with Gasteiger partial charge in [-0.05, 0) is 25.5 Å². The number of benzene rings is 1. The molecule has 0 aromatic heterocycles. The zero-order valence-electron chi connectivity index (χ0n) is 12.8. The normalized spacial score (nSPS) is 10.3. The lowest BCUT2D eigenvalue weighted by Gasteiger charge is -2.10. The van der Waals surface area contributed by atoms with E-state index in [4.69, 9.17) is 4.74 Å². The highest BCUT2D eigenvalue weighted by atomic mass is 16.5. The fourth-order valence-corrected chi connectivity index (χ4v) is 2.14. The summed E-state index contributed by atoms with van der Waals surface area (Å²) in [5, 5.41) is 2.97. The fraction of sp³-hybridized carbons (Fsp3) is 0.588. The molecule has 1 aromatic carbocycles. The molecule has 1 rings (SSSR count). The summed E-state index contributed by atoms with van der Waals surface area (Å²) in [4.78, 5) is 12.1. The number of para-hydroxylation sites is 1. The zero-order valence-corrected chi connectivity index (χ0v) is 12.8. The van der Waals surface area contributed by atoms with Gasteiger partial charge in [-0.25, -0.2) is 0 Å². The molecule has 1 amide bonds. The van der Waals surface area contributed by atoms with Gasteiger partial charge < -0.3 is 10.1 Å². The minimum Gasteiger partial charge on any atom is -0.493 e. The molecular formula is C17H27NO2. The molecule has 0 fully saturated rings. The second-order valence-electron chi connectivity index (χ2n) is 4.95. The summed E-state index contributed by atoms with van der Waals surface area (Å²) in [6.45, 7) is 5.45. The first-order chi connectivity index (χ1) is 9.79. The molecule has 0 heterocycles. The highest BCUT2D eigenvalue weighted by molar-refractivity contribution is 5.96. The number of amides is 1. The first kappa shape index (κ1) is 16.5. The predicted molar refractivity (Wildman–Crippen MR) is 83.3 cm³/mol. The third-order valence-electron chi connectivity index (χ3n) is 3.25. The van der Waals surface area contributed by atoms with Crippen LogP contribution < -0.4 is 10.1 Å². The largest absolute Gasteiger partial charge is 0.493 e. The van der Waals surface area contributed by atoms with Gasteiger partial charge in [-0.3, -0.25) is 4.79 Å².